The van der Waals surface area contributed by atoms with Gasteiger partial charge in [-0.1, -0.05) is 12.2 Å². The van der Waals surface area contributed by atoms with Gasteiger partial charge in [0, 0.05) is 6.61 Å². The lowest BCUT2D eigenvalue weighted by atomic mass is 10.0. The molecule has 0 aliphatic heterocycles. The first-order chi connectivity index (χ1) is 4.85. The van der Waals surface area contributed by atoms with Crippen LogP contribution >= 0.6 is 0 Å². The largest absolute Gasteiger partial charge is 0.428 e. The van der Waals surface area contributed by atoms with Crippen LogP contribution in [0.25, 0.3) is 0 Å². The van der Waals surface area contributed by atoms with E-state index in [1.165, 1.54) is 0 Å². The summed E-state index contributed by atoms with van der Waals surface area (Å²) in [5, 5.41) is 0. The molecule has 0 N–H and O–H groups in total. The summed E-state index contributed by atoms with van der Waals surface area (Å²) in [4.78, 5) is 0. The molecule has 0 fully saturated rings. The van der Waals surface area contributed by atoms with Gasteiger partial charge in [-0.3, -0.25) is 0 Å². The maximum atomic E-state index is 5.15. The van der Waals surface area contributed by atoms with Gasteiger partial charge in [-0.05, 0) is 18.8 Å². The molecular weight excluding hydrogens is 140 g/mol. The minimum atomic E-state index is 0.604. The maximum Gasteiger partial charge on any atom is 0.145 e. The van der Waals surface area contributed by atoms with Crippen molar-refractivity contribution in [1.29, 1.82) is 0 Å². The van der Waals surface area contributed by atoms with Crippen LogP contribution in [0.5, 0.6) is 0 Å². The number of hydrogen-bond acceptors (Lipinski definition) is 1. The van der Waals surface area contributed by atoms with Crippen molar-refractivity contribution in [3.05, 3.63) is 25.3 Å². The fourth-order valence-corrected chi connectivity index (χ4v) is 1.41. The number of rotatable bonds is 6. The summed E-state index contributed by atoms with van der Waals surface area (Å²) in [5.74, 6) is 0.604. The van der Waals surface area contributed by atoms with Gasteiger partial charge >= 0.3 is 0 Å². The zero-order chi connectivity index (χ0) is 7.82. The van der Waals surface area contributed by atoms with Gasteiger partial charge in [-0.2, -0.15) is 0 Å². The Bertz CT molecular complexity index is 91.4. The van der Waals surface area contributed by atoms with Crippen LogP contribution < -0.4 is 0 Å². The monoisotopic (exact) mass is 156 g/mol. The predicted octanol–water partition coefficient (Wildman–Crippen LogP) is 1.05. The molecule has 0 aliphatic rings. The third-order valence-electron chi connectivity index (χ3n) is 1.40. The second kappa shape index (κ2) is 6.77. The third kappa shape index (κ3) is 4.53. The van der Waals surface area contributed by atoms with E-state index in [1.807, 2.05) is 12.2 Å². The summed E-state index contributed by atoms with van der Waals surface area (Å²) >= 11 is 0. The maximum absolute atomic E-state index is 5.15. The normalized spacial score (nSPS) is 10.1. The Morgan fingerprint density at radius 3 is 2.10 bits per heavy atom. The average molecular weight is 156 g/mol. The number of allylic oxidation sites excluding steroid dienone is 2. The molecule has 0 aromatic heterocycles. The van der Waals surface area contributed by atoms with Crippen molar-refractivity contribution < 1.29 is 4.43 Å². The lowest BCUT2D eigenvalue weighted by Gasteiger charge is -2.10. The molecule has 0 heterocycles. The first-order valence-electron chi connectivity index (χ1n) is 3.55. The molecule has 1 nitrogen and oxygen atoms in total. The number of hydrogen-bond donors (Lipinski definition) is 0. The van der Waals surface area contributed by atoms with Crippen molar-refractivity contribution in [1.82, 2.24) is 0 Å². The molecule has 0 bridgehead atoms. The smallest absolute Gasteiger partial charge is 0.145 e. The van der Waals surface area contributed by atoms with Gasteiger partial charge in [-0.25, -0.2) is 0 Å². The Hall–Kier alpha value is -0.343. The molecular formula is C8H16OSi. The molecule has 58 valence electrons. The molecule has 0 atom stereocenters. The quantitative estimate of drug-likeness (QED) is 0.412. The van der Waals surface area contributed by atoms with Gasteiger partial charge in [0.1, 0.15) is 10.5 Å². The average Bonchev–Trinajstić information content (AvgIpc) is 1.90. The summed E-state index contributed by atoms with van der Waals surface area (Å²) in [5.41, 5.74) is 0. The van der Waals surface area contributed by atoms with Crippen LogP contribution in [-0.4, -0.2) is 17.1 Å². The molecule has 0 radical (unpaired) electrons. The molecule has 0 saturated heterocycles. The second-order valence-electron chi connectivity index (χ2n) is 2.37. The minimum absolute atomic E-state index is 0.604. The topological polar surface area (TPSA) is 9.23 Å². The summed E-state index contributed by atoms with van der Waals surface area (Å²) in [6.07, 6.45) is 5.95. The van der Waals surface area contributed by atoms with Crippen molar-refractivity contribution in [2.75, 3.05) is 6.61 Å². The summed E-state index contributed by atoms with van der Waals surface area (Å²) in [7, 11) is 0.833. The Morgan fingerprint density at radius 1 is 1.30 bits per heavy atom. The molecule has 10 heavy (non-hydrogen) atoms. The van der Waals surface area contributed by atoms with E-state index < -0.39 is 0 Å². The molecule has 0 rings (SSSR count). The summed E-state index contributed by atoms with van der Waals surface area (Å²) < 4.78 is 5.15. The summed E-state index contributed by atoms with van der Waals surface area (Å²) in [6, 6.07) is 0. The van der Waals surface area contributed by atoms with Crippen molar-refractivity contribution in [2.24, 2.45) is 5.92 Å². The first kappa shape index (κ1) is 9.66. The molecule has 0 spiro atoms. The van der Waals surface area contributed by atoms with Crippen LogP contribution in [0.3, 0.4) is 0 Å². The van der Waals surface area contributed by atoms with Gasteiger partial charge < -0.3 is 4.43 Å². The fourth-order valence-electron chi connectivity index (χ4n) is 0.939. The van der Waals surface area contributed by atoms with Crippen molar-refractivity contribution in [3.63, 3.8) is 0 Å². The SMILES string of the molecule is C=CCC(CC=C)CO[SiH3]. The highest BCUT2D eigenvalue weighted by Crippen LogP contribution is 2.09. The van der Waals surface area contributed by atoms with Crippen LogP contribution in [0.15, 0.2) is 25.3 Å². The van der Waals surface area contributed by atoms with Gasteiger partial charge in [0.15, 0.2) is 0 Å². The molecule has 2 heteroatoms. The summed E-state index contributed by atoms with van der Waals surface area (Å²) in [6.45, 7) is 8.24. The Morgan fingerprint density at radius 2 is 1.80 bits per heavy atom. The van der Waals surface area contributed by atoms with Crippen LogP contribution in [-0.2, 0) is 4.43 Å². The highest BCUT2D eigenvalue weighted by molar-refractivity contribution is 5.97. The molecule has 0 saturated carbocycles. The zero-order valence-electron chi connectivity index (χ0n) is 6.68. The molecule has 0 aliphatic carbocycles. The van der Waals surface area contributed by atoms with Crippen LogP contribution in [0, 0.1) is 5.92 Å². The van der Waals surface area contributed by atoms with Gasteiger partial charge in [-0.15, -0.1) is 13.2 Å². The third-order valence-corrected chi connectivity index (χ3v) is 1.74. The zero-order valence-corrected chi connectivity index (χ0v) is 8.68. The highest BCUT2D eigenvalue weighted by Gasteiger charge is 2.01. The Labute approximate surface area is 66.3 Å². The minimum Gasteiger partial charge on any atom is -0.428 e. The van der Waals surface area contributed by atoms with E-state index in [9.17, 15) is 0 Å². The predicted molar refractivity (Wildman–Crippen MR) is 49.0 cm³/mol. The van der Waals surface area contributed by atoms with Gasteiger partial charge in [0.25, 0.3) is 0 Å². The molecule has 0 aromatic carbocycles. The van der Waals surface area contributed by atoms with Gasteiger partial charge in [0.05, 0.1) is 0 Å². The van der Waals surface area contributed by atoms with E-state index in [4.69, 9.17) is 4.43 Å². The van der Waals surface area contributed by atoms with Crippen molar-refractivity contribution in [3.8, 4) is 0 Å². The first-order valence-corrected chi connectivity index (χ1v) is 4.37. The van der Waals surface area contributed by atoms with E-state index >= 15 is 0 Å². The van der Waals surface area contributed by atoms with Crippen molar-refractivity contribution >= 4 is 10.5 Å². The van der Waals surface area contributed by atoms with E-state index in [2.05, 4.69) is 13.2 Å². The fraction of sp³-hybridized carbons (Fsp3) is 0.500. The Balaban J connectivity index is 3.48. The second-order valence-corrected chi connectivity index (χ2v) is 2.95. The standard InChI is InChI=1S/C8H16OSi/c1-3-5-8(6-4-2)7-9-10/h3-4,8H,1-2,5-7H2,10H3. The lowest BCUT2D eigenvalue weighted by molar-refractivity contribution is 0.272. The molecule has 0 amide bonds. The van der Waals surface area contributed by atoms with E-state index in [1.54, 1.807) is 0 Å². The molecule has 0 unspecified atom stereocenters. The van der Waals surface area contributed by atoms with Crippen LogP contribution in [0.1, 0.15) is 12.8 Å². The van der Waals surface area contributed by atoms with E-state index in [-0.39, 0.29) is 0 Å². The lowest BCUT2D eigenvalue weighted by Crippen LogP contribution is -2.06. The van der Waals surface area contributed by atoms with E-state index in [0.717, 1.165) is 29.9 Å². The Kier molecular flexibility index (Phi) is 6.54. The van der Waals surface area contributed by atoms with Crippen molar-refractivity contribution in [2.45, 2.75) is 12.8 Å². The highest BCUT2D eigenvalue weighted by atomic mass is 28.2. The van der Waals surface area contributed by atoms with Gasteiger partial charge in [0.2, 0.25) is 0 Å². The van der Waals surface area contributed by atoms with E-state index in [0.29, 0.717) is 5.92 Å². The molecule has 0 aromatic rings. The van der Waals surface area contributed by atoms with Crippen LogP contribution in [0.4, 0.5) is 0 Å². The van der Waals surface area contributed by atoms with Crippen LogP contribution in [0.2, 0.25) is 0 Å².